The van der Waals surface area contributed by atoms with Crippen molar-refractivity contribution >= 4 is 17.5 Å². The molecule has 2 heterocycles. The third-order valence-corrected chi connectivity index (χ3v) is 5.86. The van der Waals surface area contributed by atoms with Gasteiger partial charge < -0.3 is 15.4 Å². The minimum absolute atomic E-state index is 0.0548. The minimum atomic E-state index is -0.267. The Kier molecular flexibility index (Phi) is 5.73. The van der Waals surface area contributed by atoms with Crippen LogP contribution in [-0.4, -0.2) is 34.7 Å². The van der Waals surface area contributed by atoms with Crippen molar-refractivity contribution in [3.63, 3.8) is 0 Å². The van der Waals surface area contributed by atoms with Gasteiger partial charge in [-0.2, -0.15) is 5.10 Å². The number of rotatable bonds is 7. The molecule has 2 aliphatic rings. The lowest BCUT2D eigenvalue weighted by atomic mass is 10.1. The highest BCUT2D eigenvalue weighted by Crippen LogP contribution is 2.30. The fraction of sp³-hybridized carbons (Fsp3) is 0.320. The highest BCUT2D eigenvalue weighted by Gasteiger charge is 2.29. The van der Waals surface area contributed by atoms with Gasteiger partial charge in [0, 0.05) is 29.9 Å². The Morgan fingerprint density at radius 1 is 1.06 bits per heavy atom. The number of fused-ring (bicyclic) bond motifs is 1. The third kappa shape index (κ3) is 4.73. The average molecular weight is 431 g/mol. The van der Waals surface area contributed by atoms with E-state index in [4.69, 9.17) is 9.84 Å². The number of hydrogen-bond acceptors (Lipinski definition) is 4. The van der Waals surface area contributed by atoms with Crippen LogP contribution in [0.3, 0.4) is 0 Å². The standard InChI is InChI=1S/C25H26N4O3/c30-24(18-8-10-21(11-9-18)27-25(31)19-6-7-19)26-14-22-23-20(12-13-32-22)16-29(28-23)15-17-4-2-1-3-5-17/h1-5,8-11,16,19,22H,6-7,12-15H2,(H,26,30)(H,27,31)/t22-/m1/s1. The number of carbonyl (C=O) groups is 2. The SMILES string of the molecule is O=C(NC[C@H]1OCCc2cn(Cc3ccccc3)nc21)c1ccc(NC(=O)C2CC2)cc1. The van der Waals surface area contributed by atoms with Crippen molar-refractivity contribution in [1.82, 2.24) is 15.1 Å². The van der Waals surface area contributed by atoms with Gasteiger partial charge in [-0.05, 0) is 54.7 Å². The molecule has 32 heavy (non-hydrogen) atoms. The predicted molar refractivity (Wildman–Crippen MR) is 120 cm³/mol. The molecule has 164 valence electrons. The molecule has 1 atom stereocenters. The van der Waals surface area contributed by atoms with Gasteiger partial charge in [-0.3, -0.25) is 14.3 Å². The second-order valence-electron chi connectivity index (χ2n) is 8.38. The molecule has 1 saturated carbocycles. The van der Waals surface area contributed by atoms with Crippen molar-refractivity contribution < 1.29 is 14.3 Å². The van der Waals surface area contributed by atoms with Crippen LogP contribution in [-0.2, 0) is 22.5 Å². The number of aromatic nitrogens is 2. The van der Waals surface area contributed by atoms with Crippen molar-refractivity contribution in [2.45, 2.75) is 31.9 Å². The van der Waals surface area contributed by atoms with Gasteiger partial charge in [0.25, 0.3) is 5.91 Å². The van der Waals surface area contributed by atoms with E-state index >= 15 is 0 Å². The zero-order chi connectivity index (χ0) is 21.9. The van der Waals surface area contributed by atoms with Gasteiger partial charge >= 0.3 is 0 Å². The van der Waals surface area contributed by atoms with Crippen molar-refractivity contribution in [3.05, 3.63) is 83.2 Å². The van der Waals surface area contributed by atoms with E-state index in [2.05, 4.69) is 29.0 Å². The lowest BCUT2D eigenvalue weighted by Gasteiger charge is -2.22. The first-order chi connectivity index (χ1) is 15.7. The topological polar surface area (TPSA) is 85.2 Å². The Hall–Kier alpha value is -3.45. The molecule has 2 amide bonds. The molecule has 5 rings (SSSR count). The van der Waals surface area contributed by atoms with Gasteiger partial charge in [-0.25, -0.2) is 0 Å². The molecule has 0 unspecified atom stereocenters. The third-order valence-electron chi connectivity index (χ3n) is 5.86. The summed E-state index contributed by atoms with van der Waals surface area (Å²) in [6.07, 6.45) is 4.55. The van der Waals surface area contributed by atoms with Crippen LogP contribution < -0.4 is 10.6 Å². The highest BCUT2D eigenvalue weighted by atomic mass is 16.5. The summed E-state index contributed by atoms with van der Waals surface area (Å²) < 4.78 is 7.85. The maximum Gasteiger partial charge on any atom is 0.251 e. The molecule has 1 aliphatic carbocycles. The van der Waals surface area contributed by atoms with E-state index in [9.17, 15) is 9.59 Å². The van der Waals surface area contributed by atoms with Crippen LogP contribution in [0.25, 0.3) is 0 Å². The second kappa shape index (κ2) is 8.96. The van der Waals surface area contributed by atoms with Gasteiger partial charge in [-0.15, -0.1) is 0 Å². The van der Waals surface area contributed by atoms with E-state index < -0.39 is 0 Å². The molecule has 0 radical (unpaired) electrons. The van der Waals surface area contributed by atoms with Crippen LogP contribution in [0.5, 0.6) is 0 Å². The summed E-state index contributed by atoms with van der Waals surface area (Å²) in [4.78, 5) is 24.5. The number of carbonyl (C=O) groups excluding carboxylic acids is 2. The van der Waals surface area contributed by atoms with Crippen LogP contribution in [0.1, 0.15) is 46.1 Å². The number of anilines is 1. The summed E-state index contributed by atoms with van der Waals surface area (Å²) in [5.41, 5.74) is 4.51. The summed E-state index contributed by atoms with van der Waals surface area (Å²) in [7, 11) is 0. The van der Waals surface area contributed by atoms with Crippen molar-refractivity contribution in [2.24, 2.45) is 5.92 Å². The number of nitrogens with one attached hydrogen (secondary N) is 2. The van der Waals surface area contributed by atoms with Gasteiger partial charge in [0.05, 0.1) is 18.8 Å². The summed E-state index contributed by atoms with van der Waals surface area (Å²) >= 11 is 0. The summed E-state index contributed by atoms with van der Waals surface area (Å²) in [6, 6.07) is 17.2. The van der Waals surface area contributed by atoms with Gasteiger partial charge in [0.1, 0.15) is 6.10 Å². The molecule has 0 saturated heterocycles. The summed E-state index contributed by atoms with van der Waals surface area (Å²) in [5, 5.41) is 10.6. The first kappa shape index (κ1) is 20.5. The summed E-state index contributed by atoms with van der Waals surface area (Å²) in [6.45, 7) is 1.67. The zero-order valence-corrected chi connectivity index (χ0v) is 17.8. The molecule has 1 fully saturated rings. The number of hydrogen-bond donors (Lipinski definition) is 2. The fourth-order valence-electron chi connectivity index (χ4n) is 3.92. The van der Waals surface area contributed by atoms with Crippen molar-refractivity contribution in [3.8, 4) is 0 Å². The molecular formula is C25H26N4O3. The Morgan fingerprint density at radius 3 is 2.59 bits per heavy atom. The molecule has 1 aromatic heterocycles. The van der Waals surface area contributed by atoms with E-state index in [1.165, 1.54) is 11.1 Å². The maximum atomic E-state index is 12.6. The van der Waals surface area contributed by atoms with E-state index in [1.807, 2.05) is 22.9 Å². The predicted octanol–water partition coefficient (Wildman–Crippen LogP) is 3.32. The molecular weight excluding hydrogens is 404 g/mol. The number of benzene rings is 2. The van der Waals surface area contributed by atoms with E-state index in [-0.39, 0.29) is 23.8 Å². The minimum Gasteiger partial charge on any atom is -0.370 e. The lowest BCUT2D eigenvalue weighted by molar-refractivity contribution is -0.117. The Balaban J connectivity index is 1.19. The molecule has 7 nitrogen and oxygen atoms in total. The zero-order valence-electron chi connectivity index (χ0n) is 17.8. The van der Waals surface area contributed by atoms with Crippen molar-refractivity contribution in [2.75, 3.05) is 18.5 Å². The van der Waals surface area contributed by atoms with Crippen LogP contribution in [0.15, 0.2) is 60.8 Å². The number of ether oxygens (including phenoxy) is 1. The van der Waals surface area contributed by atoms with E-state index in [0.29, 0.717) is 30.9 Å². The first-order valence-electron chi connectivity index (χ1n) is 11.1. The Morgan fingerprint density at radius 2 is 1.84 bits per heavy atom. The van der Waals surface area contributed by atoms with E-state index in [1.54, 1.807) is 24.3 Å². The monoisotopic (exact) mass is 430 g/mol. The molecule has 2 N–H and O–H groups in total. The smallest absolute Gasteiger partial charge is 0.251 e. The van der Waals surface area contributed by atoms with Gasteiger partial charge in [-0.1, -0.05) is 30.3 Å². The van der Waals surface area contributed by atoms with E-state index in [0.717, 1.165) is 25.0 Å². The molecule has 7 heteroatoms. The molecule has 3 aromatic rings. The largest absolute Gasteiger partial charge is 0.370 e. The summed E-state index contributed by atoms with van der Waals surface area (Å²) in [5.74, 6) is 0.0261. The lowest BCUT2D eigenvalue weighted by Crippen LogP contribution is -2.32. The quantitative estimate of drug-likeness (QED) is 0.602. The first-order valence-corrected chi connectivity index (χ1v) is 11.1. The normalized spacial score (nSPS) is 17.4. The molecule has 1 aliphatic heterocycles. The Bertz CT molecular complexity index is 1100. The fourth-order valence-corrected chi connectivity index (χ4v) is 3.92. The number of nitrogens with zero attached hydrogens (tertiary/aromatic N) is 2. The highest BCUT2D eigenvalue weighted by molar-refractivity contribution is 5.96. The second-order valence-corrected chi connectivity index (χ2v) is 8.38. The number of amides is 2. The average Bonchev–Trinajstić information content (AvgIpc) is 3.59. The molecule has 0 bridgehead atoms. The van der Waals surface area contributed by atoms with Crippen LogP contribution in [0, 0.1) is 5.92 Å². The molecule has 0 spiro atoms. The van der Waals surface area contributed by atoms with Gasteiger partial charge in [0.2, 0.25) is 5.91 Å². The Labute approximate surface area is 186 Å². The maximum absolute atomic E-state index is 12.6. The van der Waals surface area contributed by atoms with Crippen LogP contribution >= 0.6 is 0 Å². The van der Waals surface area contributed by atoms with Crippen LogP contribution in [0.4, 0.5) is 5.69 Å². The van der Waals surface area contributed by atoms with Crippen LogP contribution in [0.2, 0.25) is 0 Å². The van der Waals surface area contributed by atoms with Gasteiger partial charge in [0.15, 0.2) is 0 Å². The van der Waals surface area contributed by atoms with Crippen molar-refractivity contribution in [1.29, 1.82) is 0 Å². The molecule has 2 aromatic carbocycles.